The molecule has 0 aliphatic carbocycles. The summed E-state index contributed by atoms with van der Waals surface area (Å²) in [4.78, 5) is 35.2. The van der Waals surface area contributed by atoms with Crippen molar-refractivity contribution in [1.82, 2.24) is 0 Å². The summed E-state index contributed by atoms with van der Waals surface area (Å²) in [6.07, 6.45) is 0. The quantitative estimate of drug-likeness (QED) is 0.265. The fraction of sp³-hybridized carbons (Fsp3) is 0.167. The summed E-state index contributed by atoms with van der Waals surface area (Å²) in [5.74, 6) is -1.36. The van der Waals surface area contributed by atoms with Gasteiger partial charge in [0.25, 0.3) is 11.6 Å². The summed E-state index contributed by atoms with van der Waals surface area (Å²) in [6, 6.07) is 9.16. The predicted molar refractivity (Wildman–Crippen MR) is 99.4 cm³/mol. The molecule has 8 nitrogen and oxygen atoms in total. The smallest absolute Gasteiger partial charge is 0.339 e. The number of carbonyl (C=O) groups excluding carboxylic acids is 2. The van der Waals surface area contributed by atoms with Gasteiger partial charge in [-0.15, -0.1) is 0 Å². The minimum atomic E-state index is -0.816. The fourth-order valence-corrected chi connectivity index (χ4v) is 2.81. The van der Waals surface area contributed by atoms with Crippen LogP contribution in [-0.2, 0) is 9.53 Å². The first kappa shape index (κ1) is 19.9. The second kappa shape index (κ2) is 8.82. The van der Waals surface area contributed by atoms with E-state index in [1.807, 2.05) is 5.40 Å². The van der Waals surface area contributed by atoms with Crippen LogP contribution in [0.15, 0.2) is 41.3 Å². The SMILES string of the molecule is Cc1cc(SC#N)ccc1NC(=O)COC(=O)c1cccc([N+](=O)[O-])c1C. The number of nitrogens with zero attached hydrogens (tertiary/aromatic N) is 2. The predicted octanol–water partition coefficient (Wildman–Crippen LogP) is 3.58. The van der Waals surface area contributed by atoms with Gasteiger partial charge in [-0.3, -0.25) is 14.9 Å². The standard InChI is InChI=1S/C18H15N3O5S/c1-11-8-13(27-10-19)6-7-15(11)20-17(22)9-26-18(23)14-4-3-5-16(12(14)2)21(24)25/h3-8H,9H2,1-2H3,(H,20,22). The number of nitriles is 1. The summed E-state index contributed by atoms with van der Waals surface area (Å²) >= 11 is 1.01. The Hall–Kier alpha value is -3.38. The fourth-order valence-electron chi connectivity index (χ4n) is 2.33. The Morgan fingerprint density at radius 3 is 2.67 bits per heavy atom. The minimum absolute atomic E-state index is 0.0334. The first-order valence-electron chi connectivity index (χ1n) is 7.71. The molecule has 138 valence electrons. The highest BCUT2D eigenvalue weighted by atomic mass is 32.2. The number of ether oxygens (including phenoxy) is 1. The maximum Gasteiger partial charge on any atom is 0.339 e. The number of nitro groups is 1. The van der Waals surface area contributed by atoms with Crippen LogP contribution >= 0.6 is 11.8 Å². The van der Waals surface area contributed by atoms with Gasteiger partial charge in [0.05, 0.1) is 10.5 Å². The zero-order valence-electron chi connectivity index (χ0n) is 14.5. The summed E-state index contributed by atoms with van der Waals surface area (Å²) < 4.78 is 4.96. The Morgan fingerprint density at radius 2 is 2.04 bits per heavy atom. The normalized spacial score (nSPS) is 9.96. The molecule has 2 aromatic carbocycles. The number of benzene rings is 2. The average Bonchev–Trinajstić information content (AvgIpc) is 2.62. The van der Waals surface area contributed by atoms with Crippen molar-refractivity contribution in [2.75, 3.05) is 11.9 Å². The van der Waals surface area contributed by atoms with Gasteiger partial charge in [-0.25, -0.2) is 4.79 Å². The molecule has 2 rings (SSSR count). The number of thiocyanates is 1. The number of hydrogen-bond donors (Lipinski definition) is 1. The van der Waals surface area contributed by atoms with Gasteiger partial charge in [-0.05, 0) is 55.4 Å². The Morgan fingerprint density at radius 1 is 1.30 bits per heavy atom. The number of esters is 1. The molecular weight excluding hydrogens is 370 g/mol. The molecule has 1 amide bonds. The molecule has 0 heterocycles. The minimum Gasteiger partial charge on any atom is -0.452 e. The van der Waals surface area contributed by atoms with Crippen molar-refractivity contribution < 1.29 is 19.2 Å². The van der Waals surface area contributed by atoms with Gasteiger partial charge in [0.1, 0.15) is 5.40 Å². The van der Waals surface area contributed by atoms with Crippen LogP contribution in [0.2, 0.25) is 0 Å². The third-order valence-corrected chi connectivity index (χ3v) is 4.27. The van der Waals surface area contributed by atoms with Gasteiger partial charge >= 0.3 is 5.97 Å². The highest BCUT2D eigenvalue weighted by Gasteiger charge is 2.19. The van der Waals surface area contributed by atoms with Crippen molar-refractivity contribution >= 4 is 35.0 Å². The Kier molecular flexibility index (Phi) is 6.51. The largest absolute Gasteiger partial charge is 0.452 e. The van der Waals surface area contributed by atoms with E-state index in [9.17, 15) is 19.7 Å². The number of aryl methyl sites for hydroxylation is 1. The number of thioether (sulfide) groups is 1. The highest BCUT2D eigenvalue weighted by molar-refractivity contribution is 8.03. The van der Waals surface area contributed by atoms with E-state index in [4.69, 9.17) is 10.00 Å². The molecule has 9 heteroatoms. The van der Waals surface area contributed by atoms with Gasteiger partial charge in [-0.1, -0.05) is 6.07 Å². The molecule has 0 spiro atoms. The second-order valence-corrected chi connectivity index (χ2v) is 6.36. The molecule has 0 fully saturated rings. The van der Waals surface area contributed by atoms with Crippen LogP contribution in [0, 0.1) is 34.6 Å². The van der Waals surface area contributed by atoms with Gasteiger partial charge < -0.3 is 10.1 Å². The maximum absolute atomic E-state index is 12.1. The monoisotopic (exact) mass is 385 g/mol. The maximum atomic E-state index is 12.1. The van der Waals surface area contributed by atoms with Crippen LogP contribution in [0.25, 0.3) is 0 Å². The van der Waals surface area contributed by atoms with Gasteiger partial charge in [0, 0.05) is 22.2 Å². The number of carbonyl (C=O) groups is 2. The summed E-state index contributed by atoms with van der Waals surface area (Å²) in [5.41, 5.74) is 1.30. The van der Waals surface area contributed by atoms with Crippen LogP contribution < -0.4 is 5.32 Å². The zero-order valence-corrected chi connectivity index (χ0v) is 15.3. The average molecular weight is 385 g/mol. The van der Waals surface area contributed by atoms with Crippen LogP contribution in [0.4, 0.5) is 11.4 Å². The van der Waals surface area contributed by atoms with Gasteiger partial charge in [-0.2, -0.15) is 5.26 Å². The highest BCUT2D eigenvalue weighted by Crippen LogP contribution is 2.24. The van der Waals surface area contributed by atoms with E-state index in [1.54, 1.807) is 25.1 Å². The molecule has 2 aromatic rings. The van der Waals surface area contributed by atoms with E-state index < -0.39 is 23.4 Å². The molecule has 0 saturated carbocycles. The molecular formula is C18H15N3O5S. The van der Waals surface area contributed by atoms with Crippen molar-refractivity contribution in [1.29, 1.82) is 5.26 Å². The molecule has 1 N–H and O–H groups in total. The van der Waals surface area contributed by atoms with Crippen molar-refractivity contribution in [3.63, 3.8) is 0 Å². The second-order valence-electron chi connectivity index (χ2n) is 5.50. The number of anilines is 1. The lowest BCUT2D eigenvalue weighted by molar-refractivity contribution is -0.385. The number of hydrogen-bond acceptors (Lipinski definition) is 7. The summed E-state index contributed by atoms with van der Waals surface area (Å²) in [7, 11) is 0. The number of nitrogens with one attached hydrogen (secondary N) is 1. The first-order valence-corrected chi connectivity index (χ1v) is 8.52. The van der Waals surface area contributed by atoms with Crippen LogP contribution in [0.5, 0.6) is 0 Å². The lowest BCUT2D eigenvalue weighted by Gasteiger charge is -2.10. The Bertz CT molecular complexity index is 952. The number of nitro benzene ring substituents is 1. The number of amides is 1. The van der Waals surface area contributed by atoms with Crippen LogP contribution in [-0.4, -0.2) is 23.4 Å². The third-order valence-electron chi connectivity index (χ3n) is 3.69. The van der Waals surface area contributed by atoms with E-state index in [-0.39, 0.29) is 16.8 Å². The van der Waals surface area contributed by atoms with E-state index in [0.29, 0.717) is 5.69 Å². The topological polar surface area (TPSA) is 122 Å². The summed E-state index contributed by atoms with van der Waals surface area (Å²) in [6.45, 7) is 2.68. The van der Waals surface area contributed by atoms with Gasteiger partial charge in [0.2, 0.25) is 0 Å². The van der Waals surface area contributed by atoms with Crippen LogP contribution in [0.3, 0.4) is 0 Å². The lowest BCUT2D eigenvalue weighted by Crippen LogP contribution is -2.21. The molecule has 0 unspecified atom stereocenters. The van der Waals surface area contributed by atoms with E-state index in [0.717, 1.165) is 22.2 Å². The molecule has 0 atom stereocenters. The summed E-state index contributed by atoms with van der Waals surface area (Å²) in [5, 5.41) is 24.2. The molecule has 0 aliphatic rings. The van der Waals surface area contributed by atoms with Crippen LogP contribution in [0.1, 0.15) is 21.5 Å². The zero-order chi connectivity index (χ0) is 20.0. The third kappa shape index (κ3) is 5.05. The van der Waals surface area contributed by atoms with E-state index in [2.05, 4.69) is 5.32 Å². The molecule has 27 heavy (non-hydrogen) atoms. The van der Waals surface area contributed by atoms with Gasteiger partial charge in [0.15, 0.2) is 6.61 Å². The van der Waals surface area contributed by atoms with E-state index >= 15 is 0 Å². The van der Waals surface area contributed by atoms with Crippen molar-refractivity contribution in [2.45, 2.75) is 18.7 Å². The Labute approximate surface area is 159 Å². The first-order chi connectivity index (χ1) is 12.8. The molecule has 0 aromatic heterocycles. The van der Waals surface area contributed by atoms with Crippen molar-refractivity contribution in [3.8, 4) is 5.40 Å². The Balaban J connectivity index is 2.00. The molecule has 0 bridgehead atoms. The molecule has 0 saturated heterocycles. The molecule has 0 radical (unpaired) electrons. The lowest BCUT2D eigenvalue weighted by atomic mass is 10.1. The van der Waals surface area contributed by atoms with E-state index in [1.165, 1.54) is 25.1 Å². The van der Waals surface area contributed by atoms with Crippen molar-refractivity contribution in [2.24, 2.45) is 0 Å². The number of rotatable bonds is 6. The molecule has 0 aliphatic heterocycles. The van der Waals surface area contributed by atoms with Crippen molar-refractivity contribution in [3.05, 3.63) is 63.2 Å².